The highest BCUT2D eigenvalue weighted by Crippen LogP contribution is 2.34. The van der Waals surface area contributed by atoms with Gasteiger partial charge in [0.2, 0.25) is 9.84 Å². The smallest absolute Gasteiger partial charge is 0.288 e. The Morgan fingerprint density at radius 2 is 1.76 bits per heavy atom. The summed E-state index contributed by atoms with van der Waals surface area (Å²) >= 11 is 0. The molecule has 0 saturated carbocycles. The predicted octanol–water partition coefficient (Wildman–Crippen LogP) is 2.69. The first-order valence-corrected chi connectivity index (χ1v) is 10.6. The van der Waals surface area contributed by atoms with Crippen LogP contribution in [-0.2, 0) is 22.8 Å². The summed E-state index contributed by atoms with van der Waals surface area (Å²) in [7, 11) is -3.93. The Balaban J connectivity index is 1.89. The molecular weight excluding hydrogens is 388 g/mol. The van der Waals surface area contributed by atoms with Gasteiger partial charge in [-0.15, -0.1) is 0 Å². The van der Waals surface area contributed by atoms with Crippen LogP contribution in [0.4, 0.5) is 5.82 Å². The highest BCUT2D eigenvalue weighted by Gasteiger charge is 2.29. The molecule has 0 saturated heterocycles. The molecule has 4 aromatic rings. The van der Waals surface area contributed by atoms with E-state index in [1.807, 2.05) is 37.3 Å². The zero-order valence-electron chi connectivity index (χ0n) is 15.8. The second-order valence-electron chi connectivity index (χ2n) is 6.88. The van der Waals surface area contributed by atoms with E-state index in [0.717, 1.165) is 11.1 Å². The van der Waals surface area contributed by atoms with Gasteiger partial charge in [0.05, 0.1) is 11.1 Å². The molecule has 0 fully saturated rings. The molecule has 0 radical (unpaired) electrons. The van der Waals surface area contributed by atoms with Gasteiger partial charge in [-0.2, -0.15) is 5.10 Å². The van der Waals surface area contributed by atoms with Crippen LogP contribution in [0.2, 0.25) is 0 Å². The van der Waals surface area contributed by atoms with Crippen LogP contribution < -0.4 is 11.3 Å². The van der Waals surface area contributed by atoms with Crippen molar-refractivity contribution in [3.63, 3.8) is 0 Å². The third kappa shape index (κ3) is 3.31. The summed E-state index contributed by atoms with van der Waals surface area (Å²) in [6.07, 6.45) is 1.94. The first-order valence-electron chi connectivity index (χ1n) is 9.10. The van der Waals surface area contributed by atoms with Gasteiger partial charge in [-0.1, -0.05) is 48.0 Å². The average Bonchev–Trinajstić information content (AvgIpc) is 3.00. The van der Waals surface area contributed by atoms with E-state index in [0.29, 0.717) is 13.0 Å². The van der Waals surface area contributed by atoms with E-state index >= 15 is 0 Å². The maximum absolute atomic E-state index is 13.3. The number of hydrogen-bond donors (Lipinski definition) is 2. The number of aromatic nitrogens is 3. The number of nitrogens with two attached hydrogens (primary N) is 1. The average molecular weight is 408 g/mol. The number of rotatable bonds is 5. The molecule has 0 aliphatic carbocycles. The Hall–Kier alpha value is -3.39. The summed E-state index contributed by atoms with van der Waals surface area (Å²) in [4.78, 5) is 12.5. The fourth-order valence-electron chi connectivity index (χ4n) is 3.44. The van der Waals surface area contributed by atoms with Crippen molar-refractivity contribution in [3.8, 4) is 0 Å². The standard InChI is InChI=1S/C21H20N4O3S/c1-14-7-9-16(10-8-14)29(27,28)19-17-13-23-24-21(26)18(17)25(20(19)22)12-11-15-5-3-2-4-6-15/h2-10,13H,11-12,22H2,1H3,(H,24,26). The molecule has 29 heavy (non-hydrogen) atoms. The maximum Gasteiger partial charge on any atom is 0.288 e. The lowest BCUT2D eigenvalue weighted by Gasteiger charge is -2.09. The maximum atomic E-state index is 13.3. The molecule has 3 N–H and O–H groups in total. The molecule has 2 aromatic carbocycles. The van der Waals surface area contributed by atoms with Crippen molar-refractivity contribution in [1.29, 1.82) is 0 Å². The van der Waals surface area contributed by atoms with Crippen molar-refractivity contribution >= 4 is 26.6 Å². The summed E-state index contributed by atoms with van der Waals surface area (Å²) in [6, 6.07) is 16.2. The highest BCUT2D eigenvalue weighted by atomic mass is 32.2. The summed E-state index contributed by atoms with van der Waals surface area (Å²) < 4.78 is 28.3. The minimum Gasteiger partial charge on any atom is -0.384 e. The van der Waals surface area contributed by atoms with E-state index in [1.54, 1.807) is 16.7 Å². The van der Waals surface area contributed by atoms with Crippen LogP contribution in [-0.4, -0.2) is 23.2 Å². The van der Waals surface area contributed by atoms with Gasteiger partial charge < -0.3 is 10.3 Å². The second-order valence-corrected chi connectivity index (χ2v) is 8.77. The first kappa shape index (κ1) is 18.9. The number of fused-ring (bicyclic) bond motifs is 1. The molecule has 0 unspecified atom stereocenters. The number of aryl methyl sites for hydroxylation is 3. The van der Waals surface area contributed by atoms with Gasteiger partial charge in [-0.05, 0) is 31.0 Å². The number of hydrogen-bond acceptors (Lipinski definition) is 5. The molecule has 2 heterocycles. The van der Waals surface area contributed by atoms with Gasteiger partial charge in [0.25, 0.3) is 5.56 Å². The van der Waals surface area contributed by atoms with Crippen molar-refractivity contribution in [2.45, 2.75) is 29.7 Å². The van der Waals surface area contributed by atoms with Crippen LogP contribution in [0.15, 0.2) is 75.4 Å². The van der Waals surface area contributed by atoms with Crippen molar-refractivity contribution in [2.24, 2.45) is 0 Å². The van der Waals surface area contributed by atoms with E-state index in [2.05, 4.69) is 10.2 Å². The molecule has 0 atom stereocenters. The Morgan fingerprint density at radius 1 is 1.07 bits per heavy atom. The first-order chi connectivity index (χ1) is 13.9. The number of nitrogens with one attached hydrogen (secondary N) is 1. The lowest BCUT2D eigenvalue weighted by Crippen LogP contribution is -2.14. The van der Waals surface area contributed by atoms with Crippen LogP contribution in [0.25, 0.3) is 10.9 Å². The molecule has 7 nitrogen and oxygen atoms in total. The Kier molecular flexibility index (Phi) is 4.71. The topological polar surface area (TPSA) is 111 Å². The molecule has 148 valence electrons. The van der Waals surface area contributed by atoms with Crippen molar-refractivity contribution in [3.05, 3.63) is 82.3 Å². The fraction of sp³-hybridized carbons (Fsp3) is 0.143. The molecular formula is C21H20N4O3S. The lowest BCUT2D eigenvalue weighted by molar-refractivity contribution is 0.596. The summed E-state index contributed by atoms with van der Waals surface area (Å²) in [5, 5.41) is 6.39. The van der Waals surface area contributed by atoms with Crippen LogP contribution in [0.1, 0.15) is 11.1 Å². The van der Waals surface area contributed by atoms with Crippen LogP contribution in [0.5, 0.6) is 0 Å². The largest absolute Gasteiger partial charge is 0.384 e. The van der Waals surface area contributed by atoms with Crippen LogP contribution in [0, 0.1) is 6.92 Å². The minimum absolute atomic E-state index is 0.0370. The number of benzene rings is 2. The highest BCUT2D eigenvalue weighted by molar-refractivity contribution is 7.92. The van der Waals surface area contributed by atoms with Gasteiger partial charge in [-0.25, -0.2) is 13.5 Å². The van der Waals surface area contributed by atoms with Gasteiger partial charge in [0, 0.05) is 11.9 Å². The predicted molar refractivity (Wildman–Crippen MR) is 112 cm³/mol. The van der Waals surface area contributed by atoms with Crippen molar-refractivity contribution < 1.29 is 8.42 Å². The molecule has 0 bridgehead atoms. The third-order valence-corrected chi connectivity index (χ3v) is 6.79. The quantitative estimate of drug-likeness (QED) is 0.527. The van der Waals surface area contributed by atoms with Crippen molar-refractivity contribution in [2.75, 3.05) is 5.73 Å². The fourth-order valence-corrected chi connectivity index (χ4v) is 5.00. The molecule has 2 aromatic heterocycles. The number of H-pyrrole nitrogens is 1. The molecule has 0 aliphatic heterocycles. The molecule has 0 aliphatic rings. The van der Waals surface area contributed by atoms with Crippen LogP contribution in [0.3, 0.4) is 0 Å². The lowest BCUT2D eigenvalue weighted by atomic mass is 10.1. The Bertz CT molecular complexity index is 1340. The summed E-state index contributed by atoms with van der Waals surface area (Å²) in [5.41, 5.74) is 8.04. The molecule has 0 amide bonds. The Labute approximate surface area is 167 Å². The third-order valence-electron chi connectivity index (χ3n) is 4.93. The number of anilines is 1. The van der Waals surface area contributed by atoms with E-state index in [-0.39, 0.29) is 26.5 Å². The Morgan fingerprint density at radius 3 is 2.45 bits per heavy atom. The van der Waals surface area contributed by atoms with E-state index in [4.69, 9.17) is 5.73 Å². The number of nitrogens with zero attached hydrogens (tertiary/aromatic N) is 2. The normalized spacial score (nSPS) is 11.8. The van der Waals surface area contributed by atoms with Gasteiger partial charge >= 0.3 is 0 Å². The monoisotopic (exact) mass is 408 g/mol. The molecule has 8 heteroatoms. The van der Waals surface area contributed by atoms with Gasteiger partial charge in [0.15, 0.2) is 0 Å². The van der Waals surface area contributed by atoms with Gasteiger partial charge in [-0.3, -0.25) is 4.79 Å². The van der Waals surface area contributed by atoms with E-state index in [9.17, 15) is 13.2 Å². The SMILES string of the molecule is Cc1ccc(S(=O)(=O)c2c(N)n(CCc3ccccc3)c3c(=O)[nH]ncc23)cc1. The number of sulfone groups is 1. The van der Waals surface area contributed by atoms with E-state index in [1.165, 1.54) is 18.3 Å². The number of nitrogen functional groups attached to an aromatic ring is 1. The number of aromatic amines is 1. The van der Waals surface area contributed by atoms with Crippen LogP contribution >= 0.6 is 0 Å². The zero-order chi connectivity index (χ0) is 20.6. The summed E-state index contributed by atoms with van der Waals surface area (Å²) in [5.74, 6) is 0.0370. The molecule has 4 rings (SSSR count). The second kappa shape index (κ2) is 7.21. The van der Waals surface area contributed by atoms with Crippen molar-refractivity contribution in [1.82, 2.24) is 14.8 Å². The summed E-state index contributed by atoms with van der Waals surface area (Å²) in [6.45, 7) is 2.24. The van der Waals surface area contributed by atoms with E-state index < -0.39 is 15.4 Å². The van der Waals surface area contributed by atoms with Gasteiger partial charge in [0.1, 0.15) is 16.2 Å². The minimum atomic E-state index is -3.93. The molecule has 0 spiro atoms. The zero-order valence-corrected chi connectivity index (χ0v) is 16.6.